The molecule has 0 amide bonds. The topological polar surface area (TPSA) is 17.8 Å². The standard InChI is InChI=1S/C8H5F2IN2/c9-8(10)13-7(11)5-3-1-2-4-6(5)12-13/h1-4,8H. The summed E-state index contributed by atoms with van der Waals surface area (Å²) in [6.07, 6.45) is 0. The van der Waals surface area contributed by atoms with Gasteiger partial charge in [-0.3, -0.25) is 0 Å². The molecule has 2 nitrogen and oxygen atoms in total. The molecule has 0 unspecified atom stereocenters. The second-order valence-corrected chi connectivity index (χ2v) is 3.55. The van der Waals surface area contributed by atoms with Crippen molar-refractivity contribution in [2.45, 2.75) is 6.55 Å². The zero-order valence-electron chi connectivity index (χ0n) is 6.42. The van der Waals surface area contributed by atoms with Gasteiger partial charge in [0.2, 0.25) is 0 Å². The van der Waals surface area contributed by atoms with Crippen molar-refractivity contribution in [2.24, 2.45) is 0 Å². The quantitative estimate of drug-likeness (QED) is 0.739. The van der Waals surface area contributed by atoms with Gasteiger partial charge in [0.05, 0.1) is 5.52 Å². The van der Waals surface area contributed by atoms with Crippen LogP contribution in [-0.4, -0.2) is 9.78 Å². The summed E-state index contributed by atoms with van der Waals surface area (Å²) in [5.74, 6) is 0. The van der Waals surface area contributed by atoms with E-state index in [1.807, 2.05) is 28.7 Å². The van der Waals surface area contributed by atoms with Crippen molar-refractivity contribution in [3.05, 3.63) is 28.0 Å². The Labute approximate surface area is 86.7 Å². The zero-order chi connectivity index (χ0) is 9.42. The number of benzene rings is 1. The molecule has 0 aliphatic heterocycles. The number of fused-ring (bicyclic) bond motifs is 1. The lowest BCUT2D eigenvalue weighted by molar-refractivity contribution is 0.0546. The second-order valence-electron chi connectivity index (χ2n) is 2.53. The third-order valence-corrected chi connectivity index (χ3v) is 2.80. The monoisotopic (exact) mass is 294 g/mol. The fraction of sp³-hybridized carbons (Fsp3) is 0.125. The van der Waals surface area contributed by atoms with E-state index >= 15 is 0 Å². The van der Waals surface area contributed by atoms with E-state index in [-0.39, 0.29) is 0 Å². The van der Waals surface area contributed by atoms with Crippen LogP contribution in [0.25, 0.3) is 10.9 Å². The Hall–Kier alpha value is -0.720. The average Bonchev–Trinajstić information content (AvgIpc) is 2.45. The molecule has 0 radical (unpaired) electrons. The number of nitrogens with zero attached hydrogens (tertiary/aromatic N) is 2. The normalized spacial score (nSPS) is 11.4. The minimum atomic E-state index is -2.57. The minimum absolute atomic E-state index is 0.475. The maximum absolute atomic E-state index is 12.4. The first-order chi connectivity index (χ1) is 6.20. The highest BCUT2D eigenvalue weighted by atomic mass is 127. The molecule has 0 aliphatic rings. The lowest BCUT2D eigenvalue weighted by Crippen LogP contribution is -2.01. The lowest BCUT2D eigenvalue weighted by atomic mass is 10.3. The van der Waals surface area contributed by atoms with Crippen LogP contribution in [0, 0.1) is 3.70 Å². The summed E-state index contributed by atoms with van der Waals surface area (Å²) in [5.41, 5.74) is 0.604. The number of halogens is 3. The van der Waals surface area contributed by atoms with Crippen LogP contribution in [-0.2, 0) is 0 Å². The number of rotatable bonds is 1. The SMILES string of the molecule is FC(F)n1nc2ccccc2c1I. The van der Waals surface area contributed by atoms with Gasteiger partial charge in [-0.05, 0) is 28.7 Å². The van der Waals surface area contributed by atoms with Gasteiger partial charge in [-0.1, -0.05) is 18.2 Å². The Morgan fingerprint density at radius 1 is 1.31 bits per heavy atom. The molecule has 0 spiro atoms. The van der Waals surface area contributed by atoms with Crippen molar-refractivity contribution < 1.29 is 8.78 Å². The summed E-state index contributed by atoms with van der Waals surface area (Å²) < 4.78 is 25.9. The summed E-state index contributed by atoms with van der Waals surface area (Å²) in [5, 5.41) is 4.54. The van der Waals surface area contributed by atoms with Gasteiger partial charge in [0.15, 0.2) is 0 Å². The largest absolute Gasteiger partial charge is 0.334 e. The van der Waals surface area contributed by atoms with Crippen molar-refractivity contribution in [1.82, 2.24) is 9.78 Å². The molecule has 1 heterocycles. The van der Waals surface area contributed by atoms with Crippen LogP contribution >= 0.6 is 22.6 Å². The second kappa shape index (κ2) is 3.21. The van der Waals surface area contributed by atoms with Crippen molar-refractivity contribution in [1.29, 1.82) is 0 Å². The van der Waals surface area contributed by atoms with E-state index in [0.717, 1.165) is 10.1 Å². The summed E-state index contributed by atoms with van der Waals surface area (Å²) in [7, 11) is 0. The molecule has 0 saturated heterocycles. The Balaban J connectivity index is 2.74. The Morgan fingerprint density at radius 3 is 2.62 bits per heavy atom. The van der Waals surface area contributed by atoms with Gasteiger partial charge in [0.1, 0.15) is 3.70 Å². The van der Waals surface area contributed by atoms with E-state index in [9.17, 15) is 8.78 Å². The van der Waals surface area contributed by atoms with E-state index < -0.39 is 6.55 Å². The summed E-state index contributed by atoms with van der Waals surface area (Å²) in [4.78, 5) is 0. The van der Waals surface area contributed by atoms with Crippen LogP contribution in [0.3, 0.4) is 0 Å². The first-order valence-electron chi connectivity index (χ1n) is 3.61. The van der Waals surface area contributed by atoms with Crippen LogP contribution in [0.5, 0.6) is 0 Å². The van der Waals surface area contributed by atoms with Crippen LogP contribution < -0.4 is 0 Å². The average molecular weight is 294 g/mol. The molecule has 0 saturated carbocycles. The molecule has 5 heteroatoms. The van der Waals surface area contributed by atoms with Gasteiger partial charge in [0, 0.05) is 5.39 Å². The number of aromatic nitrogens is 2. The molecule has 1 aromatic carbocycles. The van der Waals surface area contributed by atoms with E-state index in [1.54, 1.807) is 18.2 Å². The van der Waals surface area contributed by atoms with Gasteiger partial charge in [-0.15, -0.1) is 0 Å². The summed E-state index contributed by atoms with van der Waals surface area (Å²) >= 11 is 1.87. The molecule has 2 rings (SSSR count). The molecule has 0 fully saturated rings. The van der Waals surface area contributed by atoms with Gasteiger partial charge in [0.25, 0.3) is 0 Å². The Kier molecular flexibility index (Phi) is 2.19. The van der Waals surface area contributed by atoms with Gasteiger partial charge >= 0.3 is 6.55 Å². The predicted octanol–water partition coefficient (Wildman–Crippen LogP) is 3.04. The molecule has 13 heavy (non-hydrogen) atoms. The van der Waals surface area contributed by atoms with E-state index in [4.69, 9.17) is 0 Å². The smallest absolute Gasteiger partial charge is 0.197 e. The highest BCUT2D eigenvalue weighted by Gasteiger charge is 2.14. The van der Waals surface area contributed by atoms with Crippen molar-refractivity contribution in [2.75, 3.05) is 0 Å². The molecule has 2 aromatic rings. The molecular weight excluding hydrogens is 289 g/mol. The van der Waals surface area contributed by atoms with Crippen molar-refractivity contribution in [3.63, 3.8) is 0 Å². The third kappa shape index (κ3) is 1.41. The molecule has 1 aromatic heterocycles. The zero-order valence-corrected chi connectivity index (χ0v) is 8.57. The first kappa shape index (κ1) is 8.86. The Morgan fingerprint density at radius 2 is 2.00 bits per heavy atom. The fourth-order valence-corrected chi connectivity index (χ4v) is 1.92. The van der Waals surface area contributed by atoms with Gasteiger partial charge in [-0.2, -0.15) is 18.6 Å². The first-order valence-corrected chi connectivity index (χ1v) is 4.69. The van der Waals surface area contributed by atoms with E-state index in [0.29, 0.717) is 9.22 Å². The van der Waals surface area contributed by atoms with Gasteiger partial charge in [-0.25, -0.2) is 0 Å². The number of hydrogen-bond acceptors (Lipinski definition) is 1. The number of hydrogen-bond donors (Lipinski definition) is 0. The Bertz CT molecular complexity index is 439. The number of alkyl halides is 2. The lowest BCUT2D eigenvalue weighted by Gasteiger charge is -1.98. The van der Waals surface area contributed by atoms with Crippen LogP contribution in [0.2, 0.25) is 0 Å². The van der Waals surface area contributed by atoms with Crippen LogP contribution in [0.15, 0.2) is 24.3 Å². The molecule has 0 aliphatic carbocycles. The highest BCUT2D eigenvalue weighted by molar-refractivity contribution is 14.1. The molecule has 0 atom stereocenters. The molecule has 0 bridgehead atoms. The maximum atomic E-state index is 12.4. The predicted molar refractivity (Wildman–Crippen MR) is 53.7 cm³/mol. The molecular formula is C8H5F2IN2. The van der Waals surface area contributed by atoms with Crippen LogP contribution in [0.4, 0.5) is 8.78 Å². The summed E-state index contributed by atoms with van der Waals surface area (Å²) in [6, 6.07) is 7.09. The van der Waals surface area contributed by atoms with Crippen LogP contribution in [0.1, 0.15) is 6.55 Å². The van der Waals surface area contributed by atoms with Crippen molar-refractivity contribution >= 4 is 33.5 Å². The van der Waals surface area contributed by atoms with Crippen molar-refractivity contribution in [3.8, 4) is 0 Å². The van der Waals surface area contributed by atoms with Gasteiger partial charge < -0.3 is 0 Å². The highest BCUT2D eigenvalue weighted by Crippen LogP contribution is 2.23. The summed E-state index contributed by atoms with van der Waals surface area (Å²) in [6.45, 7) is -2.57. The molecule has 0 N–H and O–H groups in total. The van der Waals surface area contributed by atoms with E-state index in [2.05, 4.69) is 5.10 Å². The van der Waals surface area contributed by atoms with E-state index in [1.165, 1.54) is 0 Å². The minimum Gasteiger partial charge on any atom is -0.197 e. The maximum Gasteiger partial charge on any atom is 0.334 e. The molecule has 68 valence electrons. The fourth-order valence-electron chi connectivity index (χ4n) is 1.15. The third-order valence-electron chi connectivity index (χ3n) is 1.73.